The van der Waals surface area contributed by atoms with E-state index in [4.69, 9.17) is 9.47 Å². The van der Waals surface area contributed by atoms with Gasteiger partial charge in [-0.2, -0.15) is 0 Å². The van der Waals surface area contributed by atoms with E-state index >= 15 is 0 Å². The lowest BCUT2D eigenvalue weighted by atomic mass is 10.1. The number of carbonyl (C=O) groups is 2. The molecule has 0 aliphatic rings. The molecule has 0 atom stereocenters. The zero-order valence-corrected chi connectivity index (χ0v) is 18.7. The highest BCUT2D eigenvalue weighted by atomic mass is 19.1. The van der Waals surface area contributed by atoms with Crippen molar-refractivity contribution in [1.82, 2.24) is 5.32 Å². The Kier molecular flexibility index (Phi) is 7.70. The Labute approximate surface area is 202 Å². The lowest BCUT2D eigenvalue weighted by Crippen LogP contribution is -2.20. The summed E-state index contributed by atoms with van der Waals surface area (Å²) in [5.74, 6) is 2.11. The zero-order valence-electron chi connectivity index (χ0n) is 18.7. The Bertz CT molecular complexity index is 1310. The molecule has 0 spiro atoms. The average molecular weight is 471 g/mol. The number of rotatable bonds is 9. The van der Waals surface area contributed by atoms with Crippen LogP contribution in [-0.2, 0) is 6.42 Å². The van der Waals surface area contributed by atoms with Gasteiger partial charge in [0.2, 0.25) is 0 Å². The van der Waals surface area contributed by atoms with Gasteiger partial charge in [0.15, 0.2) is 0 Å². The van der Waals surface area contributed by atoms with E-state index in [1.807, 2.05) is 48.5 Å². The summed E-state index contributed by atoms with van der Waals surface area (Å²) < 4.78 is 24.2. The van der Waals surface area contributed by atoms with E-state index < -0.39 is 6.16 Å². The molecule has 35 heavy (non-hydrogen) atoms. The fourth-order valence-electron chi connectivity index (χ4n) is 3.37. The summed E-state index contributed by atoms with van der Waals surface area (Å²) in [7, 11) is 0. The molecule has 0 saturated heterocycles. The van der Waals surface area contributed by atoms with E-state index in [2.05, 4.69) is 10.6 Å². The van der Waals surface area contributed by atoms with Crippen LogP contribution >= 0.6 is 0 Å². The van der Waals surface area contributed by atoms with Crippen molar-refractivity contribution in [2.45, 2.75) is 6.42 Å². The molecule has 0 saturated carbocycles. The van der Waals surface area contributed by atoms with Gasteiger partial charge in [0.25, 0.3) is 5.91 Å². The molecule has 2 amide bonds. The third-order valence-electron chi connectivity index (χ3n) is 4.98. The standard InChI is InChI=1S/C28H23FN2O4/c29-28(33)30-16-15-20-7-4-11-23(17-20)34-25-13-6-14-26(19-25)35-24-12-5-10-22(18-24)31-27(32)21-8-2-1-3-9-21/h1-14,17-19H,15-16H2,(H,30,33)(H,31,32). The highest BCUT2D eigenvalue weighted by Crippen LogP contribution is 2.30. The molecule has 0 aliphatic heterocycles. The number of nitrogens with one attached hydrogen (secondary N) is 2. The summed E-state index contributed by atoms with van der Waals surface area (Å²) in [5.41, 5.74) is 2.09. The summed E-state index contributed by atoms with van der Waals surface area (Å²) in [5, 5.41) is 5.00. The predicted octanol–water partition coefficient (Wildman–Crippen LogP) is 6.75. The number of halogens is 1. The van der Waals surface area contributed by atoms with Crippen LogP contribution in [-0.4, -0.2) is 18.6 Å². The van der Waals surface area contributed by atoms with Crippen molar-refractivity contribution in [2.75, 3.05) is 11.9 Å². The summed E-state index contributed by atoms with van der Waals surface area (Å²) in [6.45, 7) is 0.201. The molecular weight excluding hydrogens is 447 g/mol. The SMILES string of the molecule is O=C(F)NCCc1cccc(Oc2cccc(Oc3cccc(NC(=O)c4ccccc4)c3)c2)c1. The van der Waals surface area contributed by atoms with Gasteiger partial charge in [0, 0.05) is 29.9 Å². The van der Waals surface area contributed by atoms with Gasteiger partial charge in [-0.1, -0.05) is 42.5 Å². The van der Waals surface area contributed by atoms with E-state index in [1.54, 1.807) is 54.6 Å². The summed E-state index contributed by atoms with van der Waals surface area (Å²) >= 11 is 0. The second-order valence-electron chi connectivity index (χ2n) is 7.62. The monoisotopic (exact) mass is 470 g/mol. The maximum atomic E-state index is 12.4. The van der Waals surface area contributed by atoms with Gasteiger partial charge in [-0.3, -0.25) is 4.79 Å². The molecular formula is C28H23FN2O4. The van der Waals surface area contributed by atoms with Gasteiger partial charge in [0.05, 0.1) is 0 Å². The van der Waals surface area contributed by atoms with Gasteiger partial charge < -0.3 is 20.1 Å². The zero-order chi connectivity index (χ0) is 24.5. The number of ether oxygens (including phenoxy) is 2. The number of benzene rings is 4. The smallest absolute Gasteiger partial charge is 0.397 e. The fourth-order valence-corrected chi connectivity index (χ4v) is 3.37. The minimum Gasteiger partial charge on any atom is -0.457 e. The van der Waals surface area contributed by atoms with Crippen LogP contribution in [0.25, 0.3) is 0 Å². The van der Waals surface area contributed by atoms with Crippen molar-refractivity contribution in [1.29, 1.82) is 0 Å². The first-order chi connectivity index (χ1) is 17.0. The van der Waals surface area contributed by atoms with Crippen LogP contribution < -0.4 is 20.1 Å². The fraction of sp³-hybridized carbons (Fsp3) is 0.0714. The van der Waals surface area contributed by atoms with E-state index in [0.29, 0.717) is 40.7 Å². The van der Waals surface area contributed by atoms with Crippen LogP contribution in [0.3, 0.4) is 0 Å². The van der Waals surface area contributed by atoms with Crippen molar-refractivity contribution in [3.8, 4) is 23.0 Å². The molecule has 176 valence electrons. The molecule has 0 fully saturated rings. The lowest BCUT2D eigenvalue weighted by molar-refractivity contribution is 0.102. The molecule has 0 heterocycles. The van der Waals surface area contributed by atoms with Crippen LogP contribution in [0.15, 0.2) is 103 Å². The molecule has 0 radical (unpaired) electrons. The molecule has 0 unspecified atom stereocenters. The summed E-state index contributed by atoms with van der Waals surface area (Å²) in [4.78, 5) is 22.8. The molecule has 7 heteroatoms. The van der Waals surface area contributed by atoms with E-state index in [9.17, 15) is 14.0 Å². The topological polar surface area (TPSA) is 76.7 Å². The van der Waals surface area contributed by atoms with Crippen LogP contribution in [0.1, 0.15) is 15.9 Å². The largest absolute Gasteiger partial charge is 0.457 e. The maximum absolute atomic E-state index is 12.4. The van der Waals surface area contributed by atoms with Crippen molar-refractivity contribution < 1.29 is 23.5 Å². The summed E-state index contributed by atoms with van der Waals surface area (Å²) in [6, 6.07) is 30.6. The van der Waals surface area contributed by atoms with Crippen molar-refractivity contribution in [3.05, 3.63) is 114 Å². The van der Waals surface area contributed by atoms with Crippen LogP contribution in [0.4, 0.5) is 14.9 Å². The number of hydrogen-bond donors (Lipinski definition) is 2. The first-order valence-electron chi connectivity index (χ1n) is 11.0. The van der Waals surface area contributed by atoms with Crippen LogP contribution in [0.2, 0.25) is 0 Å². The predicted molar refractivity (Wildman–Crippen MR) is 132 cm³/mol. The van der Waals surface area contributed by atoms with Gasteiger partial charge in [0.1, 0.15) is 23.0 Å². The lowest BCUT2D eigenvalue weighted by Gasteiger charge is -2.11. The van der Waals surface area contributed by atoms with E-state index in [0.717, 1.165) is 5.56 Å². The van der Waals surface area contributed by atoms with Crippen molar-refractivity contribution in [3.63, 3.8) is 0 Å². The molecule has 0 aliphatic carbocycles. The third-order valence-corrected chi connectivity index (χ3v) is 4.98. The third kappa shape index (κ3) is 7.17. The Balaban J connectivity index is 1.39. The number of amides is 2. The van der Waals surface area contributed by atoms with Crippen LogP contribution in [0.5, 0.6) is 23.0 Å². The van der Waals surface area contributed by atoms with Gasteiger partial charge in [-0.25, -0.2) is 4.79 Å². The molecule has 0 aromatic heterocycles. The second-order valence-corrected chi connectivity index (χ2v) is 7.62. The first kappa shape index (κ1) is 23.5. The highest BCUT2D eigenvalue weighted by Gasteiger charge is 2.07. The number of anilines is 1. The molecule has 0 bridgehead atoms. The summed E-state index contributed by atoms with van der Waals surface area (Å²) in [6.07, 6.45) is -1.06. The highest BCUT2D eigenvalue weighted by molar-refractivity contribution is 6.04. The van der Waals surface area contributed by atoms with Crippen LogP contribution in [0, 0.1) is 0 Å². The molecule has 4 aromatic rings. The van der Waals surface area contributed by atoms with Gasteiger partial charge in [-0.05, 0) is 60.5 Å². The Morgan fingerprint density at radius 3 is 1.97 bits per heavy atom. The van der Waals surface area contributed by atoms with E-state index in [1.165, 1.54) is 0 Å². The van der Waals surface area contributed by atoms with Gasteiger partial charge in [-0.15, -0.1) is 4.39 Å². The molecule has 4 aromatic carbocycles. The minimum atomic E-state index is -1.54. The first-order valence-corrected chi connectivity index (χ1v) is 11.0. The quantitative estimate of drug-likeness (QED) is 0.210. The minimum absolute atomic E-state index is 0.201. The van der Waals surface area contributed by atoms with Crippen molar-refractivity contribution in [2.24, 2.45) is 0 Å². The molecule has 6 nitrogen and oxygen atoms in total. The van der Waals surface area contributed by atoms with E-state index in [-0.39, 0.29) is 12.5 Å². The number of hydrogen-bond acceptors (Lipinski definition) is 4. The normalized spacial score (nSPS) is 10.3. The molecule has 2 N–H and O–H groups in total. The number of carbonyl (C=O) groups excluding carboxylic acids is 2. The maximum Gasteiger partial charge on any atom is 0.397 e. The van der Waals surface area contributed by atoms with Gasteiger partial charge >= 0.3 is 6.16 Å². The Hall–Kier alpha value is -4.65. The Morgan fingerprint density at radius 2 is 1.29 bits per heavy atom. The van der Waals surface area contributed by atoms with Crippen molar-refractivity contribution >= 4 is 17.8 Å². The second kappa shape index (κ2) is 11.5. The Morgan fingerprint density at radius 1 is 0.686 bits per heavy atom. The molecule has 4 rings (SSSR count). The average Bonchev–Trinajstić information content (AvgIpc) is 2.85.